The minimum Gasteiger partial charge on any atom is -0.456 e. The van der Waals surface area contributed by atoms with Crippen LogP contribution in [-0.4, -0.2) is 53.9 Å². The van der Waals surface area contributed by atoms with E-state index in [1.54, 1.807) is 6.07 Å². The van der Waals surface area contributed by atoms with Crippen molar-refractivity contribution in [1.82, 2.24) is 15.1 Å². The number of hydrogen-bond acceptors (Lipinski definition) is 5. The van der Waals surface area contributed by atoms with Gasteiger partial charge < -0.3 is 9.47 Å². The summed E-state index contributed by atoms with van der Waals surface area (Å²) < 4.78 is 10.6. The molecule has 2 heterocycles. The van der Waals surface area contributed by atoms with Crippen LogP contribution in [0.25, 0.3) is 0 Å². The van der Waals surface area contributed by atoms with Crippen LogP contribution in [0, 0.1) is 0 Å². The summed E-state index contributed by atoms with van der Waals surface area (Å²) >= 11 is 0. The van der Waals surface area contributed by atoms with Gasteiger partial charge in [-0.15, -0.1) is 0 Å². The van der Waals surface area contributed by atoms with Crippen molar-refractivity contribution >= 4 is 5.97 Å². The average Bonchev–Trinajstić information content (AvgIpc) is 3.14. The molecule has 2 aromatic rings. The number of aryl methyl sites for hydroxylation is 1. The van der Waals surface area contributed by atoms with Gasteiger partial charge in [0.25, 0.3) is 0 Å². The molecule has 3 rings (SSSR count). The van der Waals surface area contributed by atoms with Gasteiger partial charge >= 0.3 is 5.97 Å². The number of unbranched alkanes of at least 4 members (excludes halogenated alkanes) is 1. The molecule has 0 radical (unpaired) electrons. The van der Waals surface area contributed by atoms with Crippen molar-refractivity contribution in [2.45, 2.75) is 25.9 Å². The molecule has 1 N–H and O–H groups in total. The van der Waals surface area contributed by atoms with Crippen LogP contribution >= 0.6 is 0 Å². The van der Waals surface area contributed by atoms with Crippen LogP contribution in [0.3, 0.4) is 0 Å². The molecule has 6 nitrogen and oxygen atoms in total. The fourth-order valence-corrected chi connectivity index (χ4v) is 2.87. The molecule has 134 valence electrons. The van der Waals surface area contributed by atoms with E-state index >= 15 is 0 Å². The highest BCUT2D eigenvalue weighted by Gasteiger charge is 2.13. The zero-order valence-electron chi connectivity index (χ0n) is 14.4. The third-order valence-electron chi connectivity index (χ3n) is 4.33. The standard InChI is InChI=1S/C19H25N3O3/c23-19(25-15-16-6-2-1-3-7-16)18-14-17(20-21-18)8-4-5-9-22-10-12-24-13-11-22/h1-3,6-7,14H,4-5,8-13,15H2,(H,20,21). The Bertz CT molecular complexity index is 651. The molecule has 1 saturated heterocycles. The third kappa shape index (κ3) is 5.69. The lowest BCUT2D eigenvalue weighted by Crippen LogP contribution is -2.36. The minimum absolute atomic E-state index is 0.265. The summed E-state index contributed by atoms with van der Waals surface area (Å²) in [4.78, 5) is 14.5. The predicted molar refractivity (Wildman–Crippen MR) is 94.3 cm³/mol. The van der Waals surface area contributed by atoms with E-state index in [2.05, 4.69) is 15.1 Å². The number of ether oxygens (including phenoxy) is 2. The number of aromatic amines is 1. The number of carbonyl (C=O) groups excluding carboxylic acids is 1. The number of H-pyrrole nitrogens is 1. The topological polar surface area (TPSA) is 67.4 Å². The van der Waals surface area contributed by atoms with Gasteiger partial charge in [0, 0.05) is 18.8 Å². The molecule has 6 heteroatoms. The summed E-state index contributed by atoms with van der Waals surface area (Å²) in [6.07, 6.45) is 3.09. The summed E-state index contributed by atoms with van der Waals surface area (Å²) in [5.41, 5.74) is 2.29. The van der Waals surface area contributed by atoms with Gasteiger partial charge in [0.15, 0.2) is 5.69 Å². The van der Waals surface area contributed by atoms with Gasteiger partial charge in [0.05, 0.1) is 13.2 Å². The number of benzene rings is 1. The lowest BCUT2D eigenvalue weighted by atomic mass is 10.2. The van der Waals surface area contributed by atoms with E-state index < -0.39 is 0 Å². The maximum absolute atomic E-state index is 12.0. The van der Waals surface area contributed by atoms with Crippen molar-refractivity contribution in [3.8, 4) is 0 Å². The van der Waals surface area contributed by atoms with E-state index in [1.807, 2.05) is 30.3 Å². The van der Waals surface area contributed by atoms with Crippen molar-refractivity contribution in [2.75, 3.05) is 32.8 Å². The van der Waals surface area contributed by atoms with Gasteiger partial charge in [-0.2, -0.15) is 5.10 Å². The summed E-state index contributed by atoms with van der Waals surface area (Å²) in [5, 5.41) is 7.01. The largest absolute Gasteiger partial charge is 0.456 e. The van der Waals surface area contributed by atoms with Gasteiger partial charge in [-0.1, -0.05) is 30.3 Å². The fraction of sp³-hybridized carbons (Fsp3) is 0.474. The smallest absolute Gasteiger partial charge is 0.359 e. The maximum atomic E-state index is 12.0. The van der Waals surface area contributed by atoms with E-state index in [0.717, 1.165) is 63.4 Å². The second kappa shape index (κ2) is 9.34. The zero-order chi connectivity index (χ0) is 17.3. The van der Waals surface area contributed by atoms with Gasteiger partial charge in [0.2, 0.25) is 0 Å². The van der Waals surface area contributed by atoms with Crippen LogP contribution in [-0.2, 0) is 22.5 Å². The Balaban J connectivity index is 1.37. The van der Waals surface area contributed by atoms with Gasteiger partial charge in [0.1, 0.15) is 6.61 Å². The van der Waals surface area contributed by atoms with Crippen molar-refractivity contribution in [1.29, 1.82) is 0 Å². The average molecular weight is 343 g/mol. The summed E-state index contributed by atoms with van der Waals surface area (Å²) in [7, 11) is 0. The molecule has 0 spiro atoms. The summed E-state index contributed by atoms with van der Waals surface area (Å²) in [6.45, 7) is 5.11. The van der Waals surface area contributed by atoms with Crippen molar-refractivity contribution in [3.63, 3.8) is 0 Å². The van der Waals surface area contributed by atoms with Gasteiger partial charge in [-0.3, -0.25) is 10.00 Å². The van der Waals surface area contributed by atoms with E-state index in [4.69, 9.17) is 9.47 Å². The Kier molecular flexibility index (Phi) is 6.59. The van der Waals surface area contributed by atoms with Crippen LogP contribution in [0.1, 0.15) is 34.6 Å². The summed E-state index contributed by atoms with van der Waals surface area (Å²) in [6, 6.07) is 11.4. The Labute approximate surface area is 148 Å². The molecular formula is C19H25N3O3. The second-order valence-corrected chi connectivity index (χ2v) is 6.25. The Morgan fingerprint density at radius 2 is 2.00 bits per heavy atom. The van der Waals surface area contributed by atoms with E-state index in [1.165, 1.54) is 0 Å². The SMILES string of the molecule is O=C(OCc1ccccc1)c1cc(CCCCN2CCOCC2)[nH]n1. The highest BCUT2D eigenvalue weighted by atomic mass is 16.5. The number of hydrogen-bond donors (Lipinski definition) is 1. The monoisotopic (exact) mass is 343 g/mol. The number of carbonyl (C=O) groups is 1. The molecule has 25 heavy (non-hydrogen) atoms. The second-order valence-electron chi connectivity index (χ2n) is 6.25. The van der Waals surface area contributed by atoms with Crippen LogP contribution in [0.2, 0.25) is 0 Å². The van der Waals surface area contributed by atoms with Crippen LogP contribution in [0.15, 0.2) is 36.4 Å². The molecule has 1 aliphatic rings. The Morgan fingerprint density at radius 1 is 1.20 bits per heavy atom. The lowest BCUT2D eigenvalue weighted by molar-refractivity contribution is 0.0372. The molecule has 1 fully saturated rings. The van der Waals surface area contributed by atoms with Gasteiger partial charge in [-0.25, -0.2) is 4.79 Å². The predicted octanol–water partition coefficient (Wildman–Crippen LogP) is 2.42. The molecule has 0 atom stereocenters. The number of rotatable bonds is 8. The van der Waals surface area contributed by atoms with E-state index in [0.29, 0.717) is 5.69 Å². The molecule has 1 aromatic heterocycles. The molecule has 0 saturated carbocycles. The first-order valence-corrected chi connectivity index (χ1v) is 8.87. The fourth-order valence-electron chi connectivity index (χ4n) is 2.87. The Morgan fingerprint density at radius 3 is 2.80 bits per heavy atom. The molecule has 1 aromatic carbocycles. The lowest BCUT2D eigenvalue weighted by Gasteiger charge is -2.26. The third-order valence-corrected chi connectivity index (χ3v) is 4.33. The van der Waals surface area contributed by atoms with E-state index in [9.17, 15) is 4.79 Å². The summed E-state index contributed by atoms with van der Waals surface area (Å²) in [5.74, 6) is -0.389. The normalized spacial score (nSPS) is 15.2. The highest BCUT2D eigenvalue weighted by molar-refractivity contribution is 5.87. The molecule has 0 amide bonds. The first-order valence-electron chi connectivity index (χ1n) is 8.87. The van der Waals surface area contributed by atoms with E-state index in [-0.39, 0.29) is 12.6 Å². The maximum Gasteiger partial charge on any atom is 0.359 e. The van der Waals surface area contributed by atoms with Crippen molar-refractivity contribution in [3.05, 3.63) is 53.3 Å². The number of aromatic nitrogens is 2. The molecule has 0 aliphatic carbocycles. The number of esters is 1. The van der Waals surface area contributed by atoms with Crippen LogP contribution in [0.5, 0.6) is 0 Å². The quantitative estimate of drug-likeness (QED) is 0.589. The molecular weight excluding hydrogens is 318 g/mol. The highest BCUT2D eigenvalue weighted by Crippen LogP contribution is 2.09. The molecule has 0 bridgehead atoms. The molecule has 0 unspecified atom stereocenters. The molecule has 1 aliphatic heterocycles. The zero-order valence-corrected chi connectivity index (χ0v) is 14.4. The van der Waals surface area contributed by atoms with Gasteiger partial charge in [-0.05, 0) is 37.4 Å². The van der Waals surface area contributed by atoms with Crippen molar-refractivity contribution < 1.29 is 14.3 Å². The first kappa shape index (κ1) is 17.6. The number of morpholine rings is 1. The van der Waals surface area contributed by atoms with Crippen molar-refractivity contribution in [2.24, 2.45) is 0 Å². The first-order chi connectivity index (χ1) is 12.3. The number of nitrogens with one attached hydrogen (secondary N) is 1. The Hall–Kier alpha value is -2.18. The minimum atomic E-state index is -0.389. The van der Waals surface area contributed by atoms with Crippen LogP contribution < -0.4 is 0 Å². The van der Waals surface area contributed by atoms with Crippen LogP contribution in [0.4, 0.5) is 0 Å². The number of nitrogens with zero attached hydrogens (tertiary/aromatic N) is 2.